The number of H-pyrrole nitrogens is 1. The number of rotatable bonds is 5. The Morgan fingerprint density at radius 2 is 2.14 bits per heavy atom. The van der Waals surface area contributed by atoms with Crippen molar-refractivity contribution in [3.05, 3.63) is 36.7 Å². The highest BCUT2D eigenvalue weighted by atomic mass is 16.3. The van der Waals surface area contributed by atoms with Crippen molar-refractivity contribution < 1.29 is 5.11 Å². The largest absolute Gasteiger partial charge is 0.383 e. The topological polar surface area (TPSA) is 118 Å². The Labute approximate surface area is 161 Å². The van der Waals surface area contributed by atoms with Gasteiger partial charge in [-0.2, -0.15) is 10.2 Å². The Morgan fingerprint density at radius 3 is 2.86 bits per heavy atom. The number of fused-ring (bicyclic) bond motifs is 3. The minimum Gasteiger partial charge on any atom is -0.383 e. The van der Waals surface area contributed by atoms with E-state index in [1.165, 1.54) is 6.42 Å². The van der Waals surface area contributed by atoms with Gasteiger partial charge < -0.3 is 10.8 Å². The van der Waals surface area contributed by atoms with Gasteiger partial charge in [0, 0.05) is 29.4 Å². The first-order valence-corrected chi connectivity index (χ1v) is 9.62. The smallest absolute Gasteiger partial charge is 0.135 e. The molecule has 2 unspecified atom stereocenters. The quantitative estimate of drug-likeness (QED) is 0.397. The van der Waals surface area contributed by atoms with Crippen LogP contribution in [0.5, 0.6) is 0 Å². The van der Waals surface area contributed by atoms with E-state index in [1.807, 2.05) is 37.4 Å². The molecule has 3 heterocycles. The molecule has 0 saturated heterocycles. The molecule has 0 amide bonds. The lowest BCUT2D eigenvalue weighted by Gasteiger charge is -2.31. The number of nitrogens with one attached hydrogen (secondary N) is 2. The van der Waals surface area contributed by atoms with Crippen LogP contribution in [0.3, 0.4) is 0 Å². The van der Waals surface area contributed by atoms with Gasteiger partial charge in [0.1, 0.15) is 17.6 Å². The highest BCUT2D eigenvalue weighted by Crippen LogP contribution is 2.31. The highest BCUT2D eigenvalue weighted by molar-refractivity contribution is 6.08. The number of hydrogen-bond acceptors (Lipinski definition) is 6. The monoisotopic (exact) mass is 377 g/mol. The predicted octanol–water partition coefficient (Wildman–Crippen LogP) is 2.58. The Hall–Kier alpha value is -2.97. The second-order valence-electron chi connectivity index (χ2n) is 7.55. The number of aliphatic hydroxyl groups excluding tert-OH is 1. The number of aliphatic hydroxyl groups is 1. The Kier molecular flexibility index (Phi) is 4.03. The molecule has 1 aromatic carbocycles. The molecule has 28 heavy (non-hydrogen) atoms. The van der Waals surface area contributed by atoms with E-state index in [0.717, 1.165) is 45.9 Å². The van der Waals surface area contributed by atoms with E-state index < -0.39 is 6.23 Å². The zero-order valence-corrected chi connectivity index (χ0v) is 15.6. The van der Waals surface area contributed by atoms with Crippen molar-refractivity contribution in [2.75, 3.05) is 5.73 Å². The van der Waals surface area contributed by atoms with Crippen molar-refractivity contribution in [3.8, 4) is 11.3 Å². The molecule has 1 fully saturated rings. The lowest BCUT2D eigenvalue weighted by molar-refractivity contribution is 0.0575. The molecule has 0 spiro atoms. The first-order valence-electron chi connectivity index (χ1n) is 9.62. The van der Waals surface area contributed by atoms with E-state index in [4.69, 9.17) is 10.8 Å². The van der Waals surface area contributed by atoms with Crippen LogP contribution in [-0.4, -0.2) is 42.3 Å². The highest BCUT2D eigenvalue weighted by Gasteiger charge is 2.25. The van der Waals surface area contributed by atoms with Crippen molar-refractivity contribution in [2.24, 2.45) is 0 Å². The third-order valence-corrected chi connectivity index (χ3v) is 5.70. The van der Waals surface area contributed by atoms with Crippen LogP contribution < -0.4 is 11.1 Å². The number of aromatic amines is 1. The zero-order chi connectivity index (χ0) is 19.3. The molecule has 5 rings (SSSR count). The van der Waals surface area contributed by atoms with Gasteiger partial charge in [0.05, 0.1) is 22.6 Å². The number of aromatic nitrogens is 5. The van der Waals surface area contributed by atoms with Gasteiger partial charge in [-0.15, -0.1) is 0 Å². The van der Waals surface area contributed by atoms with Crippen molar-refractivity contribution in [1.82, 2.24) is 30.3 Å². The van der Waals surface area contributed by atoms with Gasteiger partial charge in [0.15, 0.2) is 0 Å². The van der Waals surface area contributed by atoms with Gasteiger partial charge in [0.2, 0.25) is 0 Å². The van der Waals surface area contributed by atoms with Crippen molar-refractivity contribution >= 4 is 27.6 Å². The number of nitrogen functional groups attached to an aromatic ring is 1. The van der Waals surface area contributed by atoms with Crippen LogP contribution in [-0.2, 0) is 0 Å². The molecule has 8 heteroatoms. The second kappa shape index (κ2) is 6.57. The van der Waals surface area contributed by atoms with Crippen LogP contribution in [0.2, 0.25) is 0 Å². The van der Waals surface area contributed by atoms with Crippen LogP contribution in [0.15, 0.2) is 36.7 Å². The van der Waals surface area contributed by atoms with Crippen LogP contribution in [0.1, 0.15) is 32.2 Å². The Morgan fingerprint density at radius 1 is 1.29 bits per heavy atom. The Balaban J connectivity index is 1.54. The van der Waals surface area contributed by atoms with Crippen LogP contribution in [0, 0.1) is 0 Å². The molecule has 0 radical (unpaired) electrons. The number of pyridine rings is 1. The molecule has 0 aliphatic heterocycles. The van der Waals surface area contributed by atoms with Gasteiger partial charge in [-0.3, -0.25) is 15.1 Å². The van der Waals surface area contributed by atoms with Crippen LogP contribution in [0.4, 0.5) is 5.82 Å². The molecule has 1 aliphatic carbocycles. The van der Waals surface area contributed by atoms with Gasteiger partial charge in [-0.25, -0.2) is 4.98 Å². The average Bonchev–Trinajstić information content (AvgIpc) is 3.33. The fraction of sp³-hybridized carbons (Fsp3) is 0.350. The summed E-state index contributed by atoms with van der Waals surface area (Å²) in [6.07, 6.45) is 6.38. The number of benzene rings is 1. The fourth-order valence-electron chi connectivity index (χ4n) is 3.69. The summed E-state index contributed by atoms with van der Waals surface area (Å²) in [4.78, 5) is 4.57. The number of nitrogens with two attached hydrogens (primary N) is 1. The maximum atomic E-state index is 10.5. The summed E-state index contributed by atoms with van der Waals surface area (Å²) in [6, 6.07) is 8.10. The van der Waals surface area contributed by atoms with Crippen molar-refractivity contribution in [2.45, 2.75) is 44.5 Å². The van der Waals surface area contributed by atoms with E-state index in [2.05, 4.69) is 20.5 Å². The Bertz CT molecular complexity index is 1130. The molecule has 3 aromatic heterocycles. The molecule has 144 valence electrons. The van der Waals surface area contributed by atoms with E-state index in [0.29, 0.717) is 11.9 Å². The van der Waals surface area contributed by atoms with Crippen LogP contribution >= 0.6 is 0 Å². The summed E-state index contributed by atoms with van der Waals surface area (Å²) in [5.41, 5.74) is 9.72. The standard InChI is InChI=1S/C20H23N7O/c1-11(20(28)23-13-3-2-4-13)27-10-15-18(26-27)14-6-5-12(16-7-8-22-25-16)9-17(14)24-19(15)21/h5-11,13,20,23,28H,2-4H2,1H3,(H2,21,24)(H,22,25). The molecular weight excluding hydrogens is 354 g/mol. The van der Waals surface area contributed by atoms with Gasteiger partial charge >= 0.3 is 0 Å². The molecule has 8 nitrogen and oxygen atoms in total. The predicted molar refractivity (Wildman–Crippen MR) is 109 cm³/mol. The molecule has 0 bridgehead atoms. The third kappa shape index (κ3) is 2.81. The third-order valence-electron chi connectivity index (χ3n) is 5.70. The van der Waals surface area contributed by atoms with Crippen LogP contribution in [0.25, 0.3) is 33.1 Å². The summed E-state index contributed by atoms with van der Waals surface area (Å²) >= 11 is 0. The first kappa shape index (κ1) is 17.2. The first-order chi connectivity index (χ1) is 13.6. The minimum atomic E-state index is -0.660. The molecule has 1 saturated carbocycles. The molecule has 2 atom stereocenters. The maximum Gasteiger partial charge on any atom is 0.135 e. The zero-order valence-electron chi connectivity index (χ0n) is 15.6. The van der Waals surface area contributed by atoms with E-state index in [9.17, 15) is 5.11 Å². The maximum absolute atomic E-state index is 10.5. The van der Waals surface area contributed by atoms with Crippen molar-refractivity contribution in [3.63, 3.8) is 0 Å². The van der Waals surface area contributed by atoms with Gasteiger partial charge in [-0.05, 0) is 38.0 Å². The summed E-state index contributed by atoms with van der Waals surface area (Å²) in [5.74, 6) is 0.434. The fourth-order valence-corrected chi connectivity index (χ4v) is 3.69. The summed E-state index contributed by atoms with van der Waals surface area (Å²) in [5, 5.41) is 27.2. The molecule has 1 aliphatic rings. The van der Waals surface area contributed by atoms with E-state index >= 15 is 0 Å². The summed E-state index contributed by atoms with van der Waals surface area (Å²) in [6.45, 7) is 1.95. The normalized spacial score (nSPS) is 17.1. The SMILES string of the molecule is CC(C(O)NC1CCC1)n1cc2c(N)nc3cc(-c4ccn[nH]4)ccc3c2n1. The van der Waals surface area contributed by atoms with Gasteiger partial charge in [0.25, 0.3) is 0 Å². The second-order valence-corrected chi connectivity index (χ2v) is 7.55. The number of anilines is 1. The molecular formula is C20H23N7O. The lowest BCUT2D eigenvalue weighted by atomic mass is 9.93. The minimum absolute atomic E-state index is 0.216. The lowest BCUT2D eigenvalue weighted by Crippen LogP contribution is -2.45. The summed E-state index contributed by atoms with van der Waals surface area (Å²) < 4.78 is 1.78. The number of nitrogens with zero attached hydrogens (tertiary/aromatic N) is 4. The number of hydrogen-bond donors (Lipinski definition) is 4. The summed E-state index contributed by atoms with van der Waals surface area (Å²) in [7, 11) is 0. The molecule has 5 N–H and O–H groups in total. The average molecular weight is 377 g/mol. The van der Waals surface area contributed by atoms with E-state index in [1.54, 1.807) is 10.9 Å². The molecule has 4 aromatic rings. The van der Waals surface area contributed by atoms with Crippen molar-refractivity contribution in [1.29, 1.82) is 0 Å². The van der Waals surface area contributed by atoms with Gasteiger partial charge in [-0.1, -0.05) is 12.5 Å². The van der Waals surface area contributed by atoms with E-state index in [-0.39, 0.29) is 6.04 Å².